The van der Waals surface area contributed by atoms with Crippen LogP contribution in [0.15, 0.2) is 30.3 Å². The number of nitro benzene ring substituents is 1. The first kappa shape index (κ1) is 21.7. The molecule has 2 aromatic carbocycles. The minimum absolute atomic E-state index is 0.0659. The number of rotatable bonds is 7. The van der Waals surface area contributed by atoms with Crippen LogP contribution in [0.1, 0.15) is 16.8 Å². The van der Waals surface area contributed by atoms with Gasteiger partial charge in [-0.05, 0) is 12.1 Å². The van der Waals surface area contributed by atoms with Crippen LogP contribution in [0, 0.1) is 10.1 Å². The second-order valence-corrected chi connectivity index (χ2v) is 6.29. The van der Waals surface area contributed by atoms with Gasteiger partial charge in [0.2, 0.25) is 0 Å². The molecule has 0 atom stereocenters. The van der Waals surface area contributed by atoms with E-state index in [2.05, 4.69) is 5.32 Å². The first-order valence-corrected chi connectivity index (χ1v) is 9.20. The van der Waals surface area contributed by atoms with E-state index in [-0.39, 0.29) is 34.2 Å². The van der Waals surface area contributed by atoms with Gasteiger partial charge in [-0.15, -0.1) is 0 Å². The summed E-state index contributed by atoms with van der Waals surface area (Å²) in [5.74, 6) is -0.611. The Labute approximate surface area is 176 Å². The van der Waals surface area contributed by atoms with Crippen molar-refractivity contribution in [3.05, 3.63) is 46.0 Å². The number of carbonyl (C=O) groups excluding carboxylic acids is 2. The maximum atomic E-state index is 12.4. The summed E-state index contributed by atoms with van der Waals surface area (Å²) in [6, 6.07) is 7.12. The van der Waals surface area contributed by atoms with E-state index in [1.165, 1.54) is 32.4 Å². The van der Waals surface area contributed by atoms with Crippen LogP contribution < -0.4 is 24.3 Å². The molecule has 1 aliphatic rings. The predicted molar refractivity (Wildman–Crippen MR) is 107 cm³/mol. The lowest BCUT2D eigenvalue weighted by Gasteiger charge is -2.13. The fourth-order valence-electron chi connectivity index (χ4n) is 2.89. The van der Waals surface area contributed by atoms with Gasteiger partial charge in [0.1, 0.15) is 11.3 Å². The minimum Gasteiger partial charge on any atom is -0.493 e. The largest absolute Gasteiger partial charge is 0.493 e. The third kappa shape index (κ3) is 4.94. The monoisotopic (exact) mass is 432 g/mol. The molecule has 0 bridgehead atoms. The van der Waals surface area contributed by atoms with Crippen LogP contribution in [0.5, 0.6) is 23.0 Å². The summed E-state index contributed by atoms with van der Waals surface area (Å²) in [5, 5.41) is 13.8. The van der Waals surface area contributed by atoms with Gasteiger partial charge in [0, 0.05) is 12.5 Å². The quantitative estimate of drug-likeness (QED) is 0.398. The van der Waals surface area contributed by atoms with Crippen molar-refractivity contribution in [3.8, 4) is 23.0 Å². The highest BCUT2D eigenvalue weighted by Crippen LogP contribution is 2.39. The Kier molecular flexibility index (Phi) is 6.75. The van der Waals surface area contributed by atoms with Gasteiger partial charge in [-0.1, -0.05) is 6.07 Å². The highest BCUT2D eigenvalue weighted by molar-refractivity contribution is 5.98. The van der Waals surface area contributed by atoms with Gasteiger partial charge in [-0.25, -0.2) is 4.79 Å². The third-order valence-corrected chi connectivity index (χ3v) is 4.29. The number of ether oxygens (including phenoxy) is 5. The number of hydrogen-bond acceptors (Lipinski definition) is 9. The Bertz CT molecular complexity index is 1010. The lowest BCUT2D eigenvalue weighted by Crippen LogP contribution is -2.21. The highest BCUT2D eigenvalue weighted by atomic mass is 16.6. The lowest BCUT2D eigenvalue weighted by molar-refractivity contribution is -0.384. The average molecular weight is 432 g/mol. The number of fused-ring (bicyclic) bond motifs is 1. The zero-order chi connectivity index (χ0) is 22.4. The molecule has 0 radical (unpaired) electrons. The molecule has 0 fully saturated rings. The van der Waals surface area contributed by atoms with Crippen molar-refractivity contribution in [1.82, 2.24) is 0 Å². The Morgan fingerprint density at radius 3 is 2.48 bits per heavy atom. The van der Waals surface area contributed by atoms with Crippen molar-refractivity contribution in [3.63, 3.8) is 0 Å². The van der Waals surface area contributed by atoms with Gasteiger partial charge in [-0.2, -0.15) is 0 Å². The van der Waals surface area contributed by atoms with Gasteiger partial charge < -0.3 is 29.0 Å². The van der Waals surface area contributed by atoms with Crippen LogP contribution in [0.3, 0.4) is 0 Å². The number of anilines is 1. The SMILES string of the molecule is COc1cccc(C(=O)OCC(=O)Nc2cc3c(cc2[N+](=O)[O-])OCCCO3)c1OC. The molecule has 11 heteroatoms. The number of carbonyl (C=O) groups is 2. The first-order valence-electron chi connectivity index (χ1n) is 9.20. The fraction of sp³-hybridized carbons (Fsp3) is 0.300. The maximum Gasteiger partial charge on any atom is 0.342 e. The van der Waals surface area contributed by atoms with Gasteiger partial charge in [0.25, 0.3) is 11.6 Å². The second kappa shape index (κ2) is 9.65. The van der Waals surface area contributed by atoms with Crippen molar-refractivity contribution in [2.75, 3.05) is 39.4 Å². The molecule has 164 valence electrons. The van der Waals surface area contributed by atoms with E-state index >= 15 is 0 Å². The molecule has 0 saturated heterocycles. The van der Waals surface area contributed by atoms with Crippen LogP contribution >= 0.6 is 0 Å². The van der Waals surface area contributed by atoms with Crippen LogP contribution in [-0.2, 0) is 9.53 Å². The van der Waals surface area contributed by atoms with Gasteiger partial charge in [0.05, 0.1) is 38.4 Å². The molecule has 2 aromatic rings. The smallest absolute Gasteiger partial charge is 0.342 e. The van der Waals surface area contributed by atoms with Crippen molar-refractivity contribution in [2.24, 2.45) is 0 Å². The Morgan fingerprint density at radius 1 is 1.13 bits per heavy atom. The third-order valence-electron chi connectivity index (χ3n) is 4.29. The van der Waals surface area contributed by atoms with E-state index in [4.69, 9.17) is 23.7 Å². The van der Waals surface area contributed by atoms with Crippen molar-refractivity contribution in [1.29, 1.82) is 0 Å². The zero-order valence-corrected chi connectivity index (χ0v) is 16.8. The number of hydrogen-bond donors (Lipinski definition) is 1. The molecule has 31 heavy (non-hydrogen) atoms. The molecule has 1 heterocycles. The summed E-state index contributed by atoms with van der Waals surface area (Å²) in [5.41, 5.74) is -0.413. The molecular weight excluding hydrogens is 412 g/mol. The Balaban J connectivity index is 1.72. The van der Waals surface area contributed by atoms with Crippen LogP contribution in [0.25, 0.3) is 0 Å². The molecule has 1 aliphatic heterocycles. The van der Waals surface area contributed by atoms with Gasteiger partial charge in [-0.3, -0.25) is 14.9 Å². The molecule has 0 saturated carbocycles. The van der Waals surface area contributed by atoms with Gasteiger partial charge in [0.15, 0.2) is 29.6 Å². The van der Waals surface area contributed by atoms with E-state index in [9.17, 15) is 19.7 Å². The number of nitrogens with one attached hydrogen (secondary N) is 1. The van der Waals surface area contributed by atoms with Crippen molar-refractivity contribution in [2.45, 2.75) is 6.42 Å². The number of para-hydroxylation sites is 1. The van der Waals surface area contributed by atoms with E-state index in [1.54, 1.807) is 12.1 Å². The summed E-state index contributed by atoms with van der Waals surface area (Å²) >= 11 is 0. The number of methoxy groups -OCH3 is 2. The second-order valence-electron chi connectivity index (χ2n) is 6.29. The summed E-state index contributed by atoms with van der Waals surface area (Å²) in [6.07, 6.45) is 0.619. The molecule has 0 aromatic heterocycles. The first-order chi connectivity index (χ1) is 14.9. The summed E-state index contributed by atoms with van der Waals surface area (Å²) in [4.78, 5) is 35.4. The van der Waals surface area contributed by atoms with E-state index < -0.39 is 23.4 Å². The Morgan fingerprint density at radius 2 is 1.84 bits per heavy atom. The number of nitro groups is 1. The lowest BCUT2D eigenvalue weighted by atomic mass is 10.2. The summed E-state index contributed by atoms with van der Waals surface area (Å²) in [7, 11) is 2.78. The summed E-state index contributed by atoms with van der Waals surface area (Å²) in [6.45, 7) is 0.0581. The molecule has 1 N–H and O–H groups in total. The number of nitrogens with zero attached hydrogens (tertiary/aromatic N) is 1. The standard InChI is InChI=1S/C20H20N2O9/c1-27-15-6-3-5-12(19(15)28-2)20(24)31-11-18(23)21-13-9-16-17(10-14(13)22(25)26)30-8-4-7-29-16/h3,5-6,9-10H,4,7-8,11H2,1-2H3,(H,21,23). The van der Waals surface area contributed by atoms with E-state index in [1.807, 2.05) is 0 Å². The van der Waals surface area contributed by atoms with Crippen LogP contribution in [0.4, 0.5) is 11.4 Å². The molecule has 3 rings (SSSR count). The van der Waals surface area contributed by atoms with Crippen LogP contribution in [0.2, 0.25) is 0 Å². The minimum atomic E-state index is -0.820. The molecule has 11 nitrogen and oxygen atoms in total. The van der Waals surface area contributed by atoms with E-state index in [0.29, 0.717) is 25.4 Å². The fourth-order valence-corrected chi connectivity index (χ4v) is 2.89. The molecule has 0 aliphatic carbocycles. The zero-order valence-electron chi connectivity index (χ0n) is 16.8. The van der Waals surface area contributed by atoms with Gasteiger partial charge >= 0.3 is 5.97 Å². The van der Waals surface area contributed by atoms with E-state index in [0.717, 1.165) is 0 Å². The summed E-state index contributed by atoms with van der Waals surface area (Å²) < 4.78 is 26.3. The normalized spacial score (nSPS) is 12.3. The van der Waals surface area contributed by atoms with Crippen molar-refractivity contribution >= 4 is 23.3 Å². The predicted octanol–water partition coefficient (Wildman–Crippen LogP) is 2.57. The topological polar surface area (TPSA) is 135 Å². The van der Waals surface area contributed by atoms with Crippen molar-refractivity contribution < 1.29 is 38.2 Å². The highest BCUT2D eigenvalue weighted by Gasteiger charge is 2.24. The molecule has 0 unspecified atom stereocenters. The number of benzene rings is 2. The Hall–Kier alpha value is -4.02. The maximum absolute atomic E-state index is 12.4. The van der Waals surface area contributed by atoms with Crippen LogP contribution in [-0.4, -0.2) is 50.8 Å². The molecule has 1 amide bonds. The average Bonchev–Trinajstić information content (AvgIpc) is 3.00. The number of amides is 1. The number of esters is 1. The molecular formula is C20H20N2O9. The molecule has 0 spiro atoms.